The van der Waals surface area contributed by atoms with Gasteiger partial charge in [-0.3, -0.25) is 4.79 Å². The molecular weight excluding hydrogens is 594 g/mol. The van der Waals surface area contributed by atoms with Crippen LogP contribution in [0.15, 0.2) is 47.4 Å². The summed E-state index contributed by atoms with van der Waals surface area (Å²) in [5.74, 6) is -12.3. The second-order valence-corrected chi connectivity index (χ2v) is 11.7. The molecule has 228 valence electrons. The molecule has 1 atom stereocenters. The highest BCUT2D eigenvalue weighted by Crippen LogP contribution is 2.39. The van der Waals surface area contributed by atoms with Crippen molar-refractivity contribution >= 4 is 29.5 Å². The summed E-state index contributed by atoms with van der Waals surface area (Å²) < 4.78 is 91.1. The number of carbonyl (C=O) groups excluding carboxylic acids is 2. The maximum absolute atomic E-state index is 15.4. The third-order valence-corrected chi connectivity index (χ3v) is 9.17. The number of esters is 1. The van der Waals surface area contributed by atoms with Crippen LogP contribution in [0.25, 0.3) is 0 Å². The first-order chi connectivity index (χ1) is 20.6. The average Bonchev–Trinajstić information content (AvgIpc) is 3.01. The first-order valence-electron chi connectivity index (χ1n) is 13.8. The highest BCUT2D eigenvalue weighted by molar-refractivity contribution is 7.97. The van der Waals surface area contributed by atoms with Gasteiger partial charge in [-0.2, -0.15) is 0 Å². The van der Waals surface area contributed by atoms with Gasteiger partial charge in [0.1, 0.15) is 16.8 Å². The molecule has 1 saturated carbocycles. The Morgan fingerprint density at radius 3 is 2.05 bits per heavy atom. The lowest BCUT2D eigenvalue weighted by Gasteiger charge is -2.41. The minimum Gasteiger partial charge on any atom is -0.465 e. The topological polar surface area (TPSA) is 49.9 Å². The molecule has 1 aliphatic carbocycles. The molecule has 2 aliphatic rings. The van der Waals surface area contributed by atoms with Crippen LogP contribution in [0.2, 0.25) is 0 Å². The Kier molecular flexibility index (Phi) is 9.36. The Hall–Kier alpha value is -3.51. The van der Waals surface area contributed by atoms with Crippen LogP contribution in [-0.4, -0.2) is 35.9 Å². The molecule has 1 saturated heterocycles. The van der Waals surface area contributed by atoms with Crippen molar-refractivity contribution in [1.29, 1.82) is 0 Å². The van der Waals surface area contributed by atoms with Gasteiger partial charge in [-0.1, -0.05) is 43.5 Å². The van der Waals surface area contributed by atoms with Crippen LogP contribution in [0.5, 0.6) is 0 Å². The predicted octanol–water partition coefficient (Wildman–Crippen LogP) is 7.67. The highest BCUT2D eigenvalue weighted by Gasteiger charge is 2.40. The van der Waals surface area contributed by atoms with Crippen LogP contribution >= 0.6 is 11.9 Å². The van der Waals surface area contributed by atoms with Crippen molar-refractivity contribution in [2.45, 2.75) is 61.9 Å². The molecule has 12 heteroatoms. The number of hydrogen-bond donors (Lipinski definition) is 0. The molecule has 2 fully saturated rings. The van der Waals surface area contributed by atoms with Crippen molar-refractivity contribution in [3.63, 3.8) is 0 Å². The van der Waals surface area contributed by atoms with E-state index in [1.54, 1.807) is 0 Å². The molecule has 0 aromatic heterocycles. The second kappa shape index (κ2) is 13.0. The summed E-state index contributed by atoms with van der Waals surface area (Å²) in [6.07, 6.45) is 5.93. The number of rotatable bonds is 8. The van der Waals surface area contributed by atoms with Crippen molar-refractivity contribution in [3.8, 4) is 0 Å². The number of ether oxygens (including phenoxy) is 1. The first-order valence-corrected chi connectivity index (χ1v) is 14.6. The lowest BCUT2D eigenvalue weighted by molar-refractivity contribution is -0.124. The van der Waals surface area contributed by atoms with Crippen LogP contribution in [-0.2, 0) is 16.1 Å². The van der Waals surface area contributed by atoms with Gasteiger partial charge in [0.15, 0.2) is 23.3 Å². The molecule has 5 rings (SSSR count). The maximum Gasteiger partial charge on any atom is 0.337 e. The standard InChI is InChI=1S/C31H28F6N2O3S/c1-42-31(41)20-11-12-22(21(32)15-20)38(16-17-7-9-19(10-8-17)18-5-3-2-4-6-18)30(40)23-13-14-39(23)43-29-27(36)25(34)24(33)26(35)28(29)37/h7-12,15,18,23H,2-6,13-14,16H2,1H3/t23-/m1/s1. The van der Waals surface area contributed by atoms with Crippen LogP contribution in [0.4, 0.5) is 32.0 Å². The quantitative estimate of drug-likeness (QED) is 0.0849. The Bertz CT molecular complexity index is 1500. The number of benzene rings is 3. The zero-order chi connectivity index (χ0) is 30.8. The van der Waals surface area contributed by atoms with Gasteiger partial charge in [-0.15, -0.1) is 0 Å². The van der Waals surface area contributed by atoms with Crippen molar-refractivity contribution < 1.29 is 40.7 Å². The molecule has 1 aliphatic heterocycles. The summed E-state index contributed by atoms with van der Waals surface area (Å²) in [4.78, 5) is 25.8. The minimum absolute atomic E-state index is 0.0693. The average molecular weight is 623 g/mol. The Morgan fingerprint density at radius 1 is 0.860 bits per heavy atom. The molecule has 5 nitrogen and oxygen atoms in total. The van der Waals surface area contributed by atoms with Crippen molar-refractivity contribution in [2.75, 3.05) is 18.6 Å². The van der Waals surface area contributed by atoms with Gasteiger partial charge in [0.2, 0.25) is 11.7 Å². The van der Waals surface area contributed by atoms with E-state index in [-0.39, 0.29) is 42.7 Å². The van der Waals surface area contributed by atoms with E-state index in [0.717, 1.165) is 43.8 Å². The Labute approximate surface area is 248 Å². The smallest absolute Gasteiger partial charge is 0.337 e. The maximum atomic E-state index is 15.4. The third kappa shape index (κ3) is 6.26. The summed E-state index contributed by atoms with van der Waals surface area (Å²) in [6, 6.07) is 10.1. The van der Waals surface area contributed by atoms with Gasteiger partial charge in [0.05, 0.1) is 24.9 Å². The van der Waals surface area contributed by atoms with Gasteiger partial charge < -0.3 is 9.64 Å². The molecule has 0 N–H and O–H groups in total. The molecule has 1 heterocycles. The number of anilines is 1. The van der Waals surface area contributed by atoms with Crippen LogP contribution in [0, 0.1) is 34.9 Å². The van der Waals surface area contributed by atoms with Crippen molar-refractivity contribution in [3.05, 3.63) is 94.1 Å². The number of halogens is 6. The van der Waals surface area contributed by atoms with E-state index in [9.17, 15) is 31.5 Å². The summed E-state index contributed by atoms with van der Waals surface area (Å²) in [5.41, 5.74) is 1.64. The molecular formula is C31H28F6N2O3S. The van der Waals surface area contributed by atoms with E-state index in [2.05, 4.69) is 4.74 Å². The number of carbonyl (C=O) groups is 2. The summed E-state index contributed by atoms with van der Waals surface area (Å²) >= 11 is 0.241. The van der Waals surface area contributed by atoms with Crippen LogP contribution in [0.1, 0.15) is 65.9 Å². The largest absolute Gasteiger partial charge is 0.465 e. The zero-order valence-electron chi connectivity index (χ0n) is 23.1. The highest BCUT2D eigenvalue weighted by atomic mass is 32.2. The van der Waals surface area contributed by atoms with Gasteiger partial charge in [0, 0.05) is 6.54 Å². The van der Waals surface area contributed by atoms with E-state index >= 15 is 4.39 Å². The van der Waals surface area contributed by atoms with Gasteiger partial charge in [-0.25, -0.2) is 35.4 Å². The van der Waals surface area contributed by atoms with Crippen molar-refractivity contribution in [2.24, 2.45) is 0 Å². The number of nitrogens with zero attached hydrogens (tertiary/aromatic N) is 2. The monoisotopic (exact) mass is 622 g/mol. The van der Waals surface area contributed by atoms with Gasteiger partial charge in [-0.05, 0) is 66.5 Å². The number of amides is 1. The number of hydrogen-bond acceptors (Lipinski definition) is 5. The molecule has 0 spiro atoms. The fraction of sp³-hybridized carbons (Fsp3) is 0.355. The fourth-order valence-corrected chi connectivity index (χ4v) is 6.54. The van der Waals surface area contributed by atoms with E-state index < -0.39 is 57.7 Å². The lowest BCUT2D eigenvalue weighted by Crippen LogP contribution is -2.54. The predicted molar refractivity (Wildman–Crippen MR) is 148 cm³/mol. The van der Waals surface area contributed by atoms with Gasteiger partial charge >= 0.3 is 5.97 Å². The Morgan fingerprint density at radius 2 is 1.49 bits per heavy atom. The molecule has 0 unspecified atom stereocenters. The van der Waals surface area contributed by atoms with E-state index in [4.69, 9.17) is 0 Å². The van der Waals surface area contributed by atoms with E-state index in [1.807, 2.05) is 24.3 Å². The van der Waals surface area contributed by atoms with Gasteiger partial charge in [0.25, 0.3) is 0 Å². The molecule has 1 amide bonds. The number of methoxy groups -OCH3 is 1. The summed E-state index contributed by atoms with van der Waals surface area (Å²) in [6.45, 7) is 0.0318. The lowest BCUT2D eigenvalue weighted by atomic mass is 9.84. The molecule has 0 bridgehead atoms. The molecule has 3 aromatic carbocycles. The van der Waals surface area contributed by atoms with E-state index in [0.29, 0.717) is 11.5 Å². The fourth-order valence-electron chi connectivity index (χ4n) is 5.45. The molecule has 3 aromatic rings. The second-order valence-electron chi connectivity index (χ2n) is 10.6. The SMILES string of the molecule is COC(=O)c1ccc(N(Cc2ccc(C3CCCCC3)cc2)C(=O)[C@H]2CCN2Sc2c(F)c(F)c(F)c(F)c2F)c(F)c1. The van der Waals surface area contributed by atoms with Crippen LogP contribution in [0.3, 0.4) is 0 Å². The summed E-state index contributed by atoms with van der Waals surface area (Å²) in [7, 11) is 1.15. The van der Waals surface area contributed by atoms with E-state index in [1.165, 1.54) is 28.4 Å². The third-order valence-electron chi connectivity index (χ3n) is 7.96. The molecule has 43 heavy (non-hydrogen) atoms. The minimum atomic E-state index is -2.28. The first kappa shape index (κ1) is 30.9. The van der Waals surface area contributed by atoms with Crippen molar-refractivity contribution in [1.82, 2.24) is 4.31 Å². The molecule has 0 radical (unpaired) electrons. The van der Waals surface area contributed by atoms with Crippen LogP contribution < -0.4 is 4.90 Å². The normalized spacial score (nSPS) is 17.4. The summed E-state index contributed by atoms with van der Waals surface area (Å²) in [5, 5.41) is 0. The zero-order valence-corrected chi connectivity index (χ0v) is 24.0. The Balaban J connectivity index is 1.43.